The molecule has 0 aromatic carbocycles. The van der Waals surface area contributed by atoms with E-state index in [4.69, 9.17) is 5.26 Å². The minimum absolute atomic E-state index is 0.570. The Morgan fingerprint density at radius 2 is 1.84 bits per heavy atom. The van der Waals surface area contributed by atoms with E-state index in [1.165, 1.54) is 0 Å². The average Bonchev–Trinajstić information content (AvgIpc) is 2.48. The molecule has 5 nitrogen and oxygen atoms in total. The third-order valence-corrected chi connectivity index (χ3v) is 2.55. The second kappa shape index (κ2) is 6.97. The molecule has 96 valence electrons. The van der Waals surface area contributed by atoms with Gasteiger partial charge in [-0.1, -0.05) is 6.07 Å². The Balaban J connectivity index is 1.71. The third-order valence-electron chi connectivity index (χ3n) is 2.55. The monoisotopic (exact) mass is 253 g/mol. The maximum atomic E-state index is 8.92. The average molecular weight is 253 g/mol. The molecule has 0 atom stereocenters. The zero-order valence-electron chi connectivity index (χ0n) is 10.5. The molecule has 2 rings (SSSR count). The number of nitrogens with one attached hydrogen (secondary N) is 2. The summed E-state index contributed by atoms with van der Waals surface area (Å²) in [4.78, 5) is 8.31. The lowest BCUT2D eigenvalue weighted by molar-refractivity contribution is 0.898. The van der Waals surface area contributed by atoms with Crippen LogP contribution in [0.25, 0.3) is 0 Å². The molecule has 0 fully saturated rings. The van der Waals surface area contributed by atoms with E-state index in [0.29, 0.717) is 11.4 Å². The standard InChI is InChI=1S/C14H15N5/c15-11-12-5-3-8-18-14(12)19-10-4-9-17-13-6-1-2-7-16-13/h1-3,5-8H,4,9-10H2,(H,16,17)(H,18,19). The molecule has 0 bridgehead atoms. The summed E-state index contributed by atoms with van der Waals surface area (Å²) < 4.78 is 0. The van der Waals surface area contributed by atoms with E-state index in [0.717, 1.165) is 25.3 Å². The maximum Gasteiger partial charge on any atom is 0.143 e. The second-order valence-corrected chi connectivity index (χ2v) is 3.93. The molecule has 5 heteroatoms. The van der Waals surface area contributed by atoms with Crippen molar-refractivity contribution in [3.8, 4) is 6.07 Å². The smallest absolute Gasteiger partial charge is 0.143 e. The number of anilines is 2. The molecule has 0 aliphatic carbocycles. The van der Waals surface area contributed by atoms with Crippen LogP contribution in [-0.4, -0.2) is 23.1 Å². The molecular formula is C14H15N5. The van der Waals surface area contributed by atoms with E-state index >= 15 is 0 Å². The van der Waals surface area contributed by atoms with Gasteiger partial charge in [0.05, 0.1) is 5.56 Å². The summed E-state index contributed by atoms with van der Waals surface area (Å²) in [6.45, 7) is 1.57. The van der Waals surface area contributed by atoms with Crippen LogP contribution in [0.5, 0.6) is 0 Å². The Morgan fingerprint density at radius 3 is 2.63 bits per heavy atom. The number of hydrogen-bond donors (Lipinski definition) is 2. The Kier molecular flexibility index (Phi) is 4.71. The Hall–Kier alpha value is -2.61. The number of nitriles is 1. The largest absolute Gasteiger partial charge is 0.370 e. The van der Waals surface area contributed by atoms with E-state index in [9.17, 15) is 0 Å². The van der Waals surface area contributed by atoms with Gasteiger partial charge in [0.2, 0.25) is 0 Å². The van der Waals surface area contributed by atoms with Crippen LogP contribution in [0.2, 0.25) is 0 Å². The van der Waals surface area contributed by atoms with Crippen LogP contribution in [0.1, 0.15) is 12.0 Å². The maximum absolute atomic E-state index is 8.92. The zero-order chi connectivity index (χ0) is 13.3. The van der Waals surface area contributed by atoms with Crippen LogP contribution in [-0.2, 0) is 0 Å². The Bertz CT molecular complexity index is 547. The molecule has 0 radical (unpaired) electrons. The first kappa shape index (κ1) is 12.8. The molecule has 0 saturated heterocycles. The summed E-state index contributed by atoms with van der Waals surface area (Å²) in [6, 6.07) is 11.4. The van der Waals surface area contributed by atoms with Crippen LogP contribution in [0.15, 0.2) is 42.7 Å². The van der Waals surface area contributed by atoms with Gasteiger partial charge in [-0.2, -0.15) is 5.26 Å². The van der Waals surface area contributed by atoms with Crippen LogP contribution in [0.3, 0.4) is 0 Å². The van der Waals surface area contributed by atoms with Gasteiger partial charge in [0.25, 0.3) is 0 Å². The van der Waals surface area contributed by atoms with Gasteiger partial charge >= 0.3 is 0 Å². The van der Waals surface area contributed by atoms with E-state index < -0.39 is 0 Å². The van der Waals surface area contributed by atoms with Crippen molar-refractivity contribution in [3.05, 3.63) is 48.3 Å². The summed E-state index contributed by atoms with van der Waals surface area (Å²) in [5.41, 5.74) is 0.570. The molecule has 0 amide bonds. The number of rotatable bonds is 6. The lowest BCUT2D eigenvalue weighted by atomic mass is 10.3. The van der Waals surface area contributed by atoms with Crippen LogP contribution in [0.4, 0.5) is 11.6 Å². The molecule has 2 N–H and O–H groups in total. The van der Waals surface area contributed by atoms with E-state index in [-0.39, 0.29) is 0 Å². The van der Waals surface area contributed by atoms with Gasteiger partial charge in [0.1, 0.15) is 17.7 Å². The fourth-order valence-corrected chi connectivity index (χ4v) is 1.62. The molecule has 0 aliphatic rings. The third kappa shape index (κ3) is 3.96. The van der Waals surface area contributed by atoms with Crippen molar-refractivity contribution in [1.82, 2.24) is 9.97 Å². The molecule has 0 unspecified atom stereocenters. The van der Waals surface area contributed by atoms with Crippen molar-refractivity contribution in [2.24, 2.45) is 0 Å². The first-order chi connectivity index (χ1) is 9.40. The van der Waals surface area contributed by atoms with Crippen LogP contribution >= 0.6 is 0 Å². The SMILES string of the molecule is N#Cc1cccnc1NCCCNc1ccccn1. The van der Waals surface area contributed by atoms with Crippen molar-refractivity contribution in [2.75, 3.05) is 23.7 Å². The number of nitrogens with zero attached hydrogens (tertiary/aromatic N) is 3. The summed E-state index contributed by atoms with van der Waals surface area (Å²) in [5.74, 6) is 1.51. The Morgan fingerprint density at radius 1 is 1.00 bits per heavy atom. The van der Waals surface area contributed by atoms with Crippen molar-refractivity contribution in [2.45, 2.75) is 6.42 Å². The summed E-state index contributed by atoms with van der Waals surface area (Å²) in [6.07, 6.45) is 4.35. The number of aromatic nitrogens is 2. The van der Waals surface area contributed by atoms with Gasteiger partial charge in [-0.05, 0) is 30.7 Å². The number of hydrogen-bond acceptors (Lipinski definition) is 5. The highest BCUT2D eigenvalue weighted by atomic mass is 15.0. The van der Waals surface area contributed by atoms with Crippen LogP contribution in [0, 0.1) is 11.3 Å². The van der Waals surface area contributed by atoms with Crippen molar-refractivity contribution in [3.63, 3.8) is 0 Å². The lowest BCUT2D eigenvalue weighted by Gasteiger charge is -2.08. The zero-order valence-corrected chi connectivity index (χ0v) is 10.5. The van der Waals surface area contributed by atoms with Gasteiger partial charge in [-0.15, -0.1) is 0 Å². The normalized spacial score (nSPS) is 9.63. The molecule has 0 aliphatic heterocycles. The predicted molar refractivity (Wildman–Crippen MR) is 74.8 cm³/mol. The molecule has 2 aromatic heterocycles. The van der Waals surface area contributed by atoms with Crippen molar-refractivity contribution >= 4 is 11.6 Å². The molecule has 0 saturated carbocycles. The van der Waals surface area contributed by atoms with Gasteiger partial charge in [-0.3, -0.25) is 0 Å². The van der Waals surface area contributed by atoms with Gasteiger partial charge in [0, 0.05) is 25.5 Å². The van der Waals surface area contributed by atoms with Gasteiger partial charge in [0.15, 0.2) is 0 Å². The molecule has 19 heavy (non-hydrogen) atoms. The minimum atomic E-state index is 0.570. The quantitative estimate of drug-likeness (QED) is 0.772. The molecular weight excluding hydrogens is 238 g/mol. The van der Waals surface area contributed by atoms with Crippen molar-refractivity contribution < 1.29 is 0 Å². The Labute approximate surface area is 112 Å². The highest BCUT2D eigenvalue weighted by molar-refractivity contribution is 5.51. The molecule has 0 spiro atoms. The van der Waals surface area contributed by atoms with Gasteiger partial charge in [-0.25, -0.2) is 9.97 Å². The lowest BCUT2D eigenvalue weighted by Crippen LogP contribution is -2.11. The van der Waals surface area contributed by atoms with Crippen molar-refractivity contribution in [1.29, 1.82) is 5.26 Å². The van der Waals surface area contributed by atoms with E-state index in [1.54, 1.807) is 24.5 Å². The fourth-order valence-electron chi connectivity index (χ4n) is 1.62. The van der Waals surface area contributed by atoms with Crippen LogP contribution < -0.4 is 10.6 Å². The highest BCUT2D eigenvalue weighted by Crippen LogP contribution is 2.09. The minimum Gasteiger partial charge on any atom is -0.370 e. The predicted octanol–water partition coefficient (Wildman–Crippen LogP) is 2.26. The topological polar surface area (TPSA) is 73.6 Å². The van der Waals surface area contributed by atoms with Gasteiger partial charge < -0.3 is 10.6 Å². The second-order valence-electron chi connectivity index (χ2n) is 3.93. The van der Waals surface area contributed by atoms with E-state index in [1.807, 2.05) is 18.2 Å². The van der Waals surface area contributed by atoms with E-state index in [2.05, 4.69) is 26.7 Å². The highest BCUT2D eigenvalue weighted by Gasteiger charge is 2.00. The summed E-state index contributed by atoms with van der Waals surface area (Å²) >= 11 is 0. The molecule has 2 heterocycles. The summed E-state index contributed by atoms with van der Waals surface area (Å²) in [5, 5.41) is 15.3. The first-order valence-electron chi connectivity index (χ1n) is 6.14. The fraction of sp³-hybridized carbons (Fsp3) is 0.214. The molecule has 2 aromatic rings. The summed E-state index contributed by atoms with van der Waals surface area (Å²) in [7, 11) is 0. The first-order valence-corrected chi connectivity index (χ1v) is 6.14. The number of pyridine rings is 2.